The first-order valence-corrected chi connectivity index (χ1v) is 6.81. The molecule has 2 rings (SSSR count). The Morgan fingerprint density at radius 1 is 0.947 bits per heavy atom. The van der Waals surface area contributed by atoms with Gasteiger partial charge in [-0.05, 0) is 22.7 Å². The van der Waals surface area contributed by atoms with E-state index in [1.165, 1.54) is 5.30 Å². The van der Waals surface area contributed by atoms with Gasteiger partial charge in [-0.3, -0.25) is 4.79 Å². The molecule has 0 N–H and O–H groups in total. The van der Waals surface area contributed by atoms with Gasteiger partial charge in [-0.25, -0.2) is 0 Å². The number of aldehydes is 1. The quantitative estimate of drug-likeness (QED) is 0.619. The van der Waals surface area contributed by atoms with E-state index in [2.05, 4.69) is 12.1 Å². The zero-order valence-corrected chi connectivity index (χ0v) is 11.8. The maximum atomic E-state index is 11.1. The molecule has 0 spiro atoms. The highest BCUT2D eigenvalue weighted by Crippen LogP contribution is 2.28. The normalized spacial score (nSPS) is 10.6. The summed E-state index contributed by atoms with van der Waals surface area (Å²) in [5.74, 6) is 1.10. The molecule has 2 aromatic rings. The zero-order valence-electron chi connectivity index (χ0n) is 10.8. The smallest absolute Gasteiger partial charge is 0.157 e. The van der Waals surface area contributed by atoms with Crippen molar-refractivity contribution in [3.8, 4) is 11.5 Å². The molecule has 98 valence electrons. The van der Waals surface area contributed by atoms with Crippen LogP contribution in [-0.4, -0.2) is 20.5 Å². The van der Waals surface area contributed by atoms with Crippen LogP contribution in [0.15, 0.2) is 42.5 Å². The topological polar surface area (TPSA) is 35.5 Å². The van der Waals surface area contributed by atoms with Gasteiger partial charge in [0.15, 0.2) is 6.29 Å². The highest BCUT2D eigenvalue weighted by Gasteiger charge is 2.11. The van der Waals surface area contributed by atoms with E-state index in [0.717, 1.165) is 11.6 Å². The van der Waals surface area contributed by atoms with Crippen LogP contribution in [0, 0.1) is 0 Å². The second-order valence-corrected chi connectivity index (χ2v) is 5.31. The van der Waals surface area contributed by atoms with Gasteiger partial charge in [0.1, 0.15) is 11.5 Å². The van der Waals surface area contributed by atoms with Crippen LogP contribution in [0.1, 0.15) is 10.4 Å². The van der Waals surface area contributed by atoms with Crippen LogP contribution in [0.3, 0.4) is 0 Å². The van der Waals surface area contributed by atoms with Gasteiger partial charge in [-0.15, -0.1) is 0 Å². The molecule has 0 saturated heterocycles. The standard InChI is InChI=1S/C15H15O3P/c1-17-14-8-12(9-15(18-2)13(14)10-16)19-11-6-4-3-5-7-11/h3-10,19H,1-2H3. The van der Waals surface area contributed by atoms with Crippen molar-refractivity contribution in [1.82, 2.24) is 0 Å². The highest BCUT2D eigenvalue weighted by atomic mass is 31.1. The highest BCUT2D eigenvalue weighted by molar-refractivity contribution is 7.55. The van der Waals surface area contributed by atoms with Crippen molar-refractivity contribution < 1.29 is 14.3 Å². The minimum absolute atomic E-state index is 0.451. The van der Waals surface area contributed by atoms with E-state index in [4.69, 9.17) is 9.47 Å². The number of hydrogen-bond donors (Lipinski definition) is 0. The molecule has 2 aromatic carbocycles. The molecule has 0 bridgehead atoms. The second kappa shape index (κ2) is 6.35. The van der Waals surface area contributed by atoms with Crippen LogP contribution in [-0.2, 0) is 0 Å². The maximum absolute atomic E-state index is 11.1. The third kappa shape index (κ3) is 3.12. The van der Waals surface area contributed by atoms with Crippen LogP contribution in [0.2, 0.25) is 0 Å². The van der Waals surface area contributed by atoms with E-state index in [9.17, 15) is 4.79 Å². The minimum atomic E-state index is 0.451. The second-order valence-electron chi connectivity index (χ2n) is 3.90. The number of carbonyl (C=O) groups is 1. The molecule has 1 atom stereocenters. The molecule has 0 fully saturated rings. The van der Waals surface area contributed by atoms with Crippen molar-refractivity contribution in [1.29, 1.82) is 0 Å². The van der Waals surface area contributed by atoms with Gasteiger partial charge in [0, 0.05) is 0 Å². The SMILES string of the molecule is COc1cc(Pc2ccccc2)cc(OC)c1C=O. The predicted molar refractivity (Wildman–Crippen MR) is 79.0 cm³/mol. The molecule has 0 aromatic heterocycles. The van der Waals surface area contributed by atoms with Gasteiger partial charge in [-0.2, -0.15) is 0 Å². The van der Waals surface area contributed by atoms with Gasteiger partial charge in [0.2, 0.25) is 0 Å². The van der Waals surface area contributed by atoms with Crippen LogP contribution in [0.5, 0.6) is 11.5 Å². The molecule has 1 unspecified atom stereocenters. The fraction of sp³-hybridized carbons (Fsp3) is 0.133. The number of carbonyl (C=O) groups excluding carboxylic acids is 1. The lowest BCUT2D eigenvalue weighted by atomic mass is 10.2. The van der Waals surface area contributed by atoms with Crippen LogP contribution in [0.4, 0.5) is 0 Å². The molecule has 19 heavy (non-hydrogen) atoms. The molecule has 4 heteroatoms. The molecule has 0 saturated carbocycles. The number of benzene rings is 2. The van der Waals surface area contributed by atoms with Gasteiger partial charge >= 0.3 is 0 Å². The molecular formula is C15H15O3P. The molecule has 0 aliphatic heterocycles. The fourth-order valence-electron chi connectivity index (χ4n) is 1.82. The lowest BCUT2D eigenvalue weighted by Crippen LogP contribution is -2.07. The van der Waals surface area contributed by atoms with Crippen LogP contribution >= 0.6 is 8.58 Å². The Labute approximate surface area is 114 Å². The van der Waals surface area contributed by atoms with Crippen molar-refractivity contribution in [2.24, 2.45) is 0 Å². The summed E-state index contributed by atoms with van der Waals surface area (Å²) in [6, 6.07) is 13.9. The van der Waals surface area contributed by atoms with Crippen molar-refractivity contribution in [2.75, 3.05) is 14.2 Å². The molecule has 0 amide bonds. The van der Waals surface area contributed by atoms with Crippen molar-refractivity contribution in [2.45, 2.75) is 0 Å². The van der Waals surface area contributed by atoms with E-state index >= 15 is 0 Å². The number of rotatable bonds is 5. The Balaban J connectivity index is 2.39. The van der Waals surface area contributed by atoms with E-state index in [-0.39, 0.29) is 0 Å². The third-order valence-electron chi connectivity index (χ3n) is 2.72. The summed E-state index contributed by atoms with van der Waals surface area (Å²) in [6.45, 7) is 0. The van der Waals surface area contributed by atoms with Gasteiger partial charge in [0.05, 0.1) is 19.8 Å². The molecule has 0 heterocycles. The number of methoxy groups -OCH3 is 2. The summed E-state index contributed by atoms with van der Waals surface area (Å²) < 4.78 is 10.5. The van der Waals surface area contributed by atoms with Gasteiger partial charge in [-0.1, -0.05) is 38.9 Å². The number of hydrogen-bond acceptors (Lipinski definition) is 3. The number of ether oxygens (including phenoxy) is 2. The summed E-state index contributed by atoms with van der Waals surface area (Å²) in [6.07, 6.45) is 0.757. The van der Waals surface area contributed by atoms with Gasteiger partial charge in [0.25, 0.3) is 0 Å². The van der Waals surface area contributed by atoms with E-state index in [1.807, 2.05) is 30.3 Å². The lowest BCUT2D eigenvalue weighted by molar-refractivity contribution is 0.111. The molecule has 0 aliphatic rings. The van der Waals surface area contributed by atoms with Crippen molar-refractivity contribution in [3.63, 3.8) is 0 Å². The Morgan fingerprint density at radius 2 is 1.53 bits per heavy atom. The Hall–Kier alpha value is -1.86. The zero-order chi connectivity index (χ0) is 13.7. The largest absolute Gasteiger partial charge is 0.496 e. The first-order valence-electron chi connectivity index (χ1n) is 5.81. The van der Waals surface area contributed by atoms with Gasteiger partial charge < -0.3 is 9.47 Å². The predicted octanol–water partition coefficient (Wildman–Crippen LogP) is 2.15. The average molecular weight is 274 g/mol. The van der Waals surface area contributed by atoms with E-state index in [1.54, 1.807) is 14.2 Å². The molecule has 3 nitrogen and oxygen atoms in total. The van der Waals surface area contributed by atoms with E-state index < -0.39 is 0 Å². The van der Waals surface area contributed by atoms with Crippen LogP contribution < -0.4 is 20.1 Å². The fourth-order valence-corrected chi connectivity index (χ4v) is 2.91. The monoisotopic (exact) mass is 274 g/mol. The third-order valence-corrected chi connectivity index (χ3v) is 3.92. The first kappa shape index (κ1) is 13.6. The summed E-state index contributed by atoms with van der Waals surface area (Å²) in [7, 11) is 3.60. The van der Waals surface area contributed by atoms with Crippen LogP contribution in [0.25, 0.3) is 0 Å². The molecule has 0 aliphatic carbocycles. The first-order chi connectivity index (χ1) is 9.28. The summed E-state index contributed by atoms with van der Waals surface area (Å²) >= 11 is 0. The minimum Gasteiger partial charge on any atom is -0.496 e. The lowest BCUT2D eigenvalue weighted by Gasteiger charge is -2.12. The van der Waals surface area contributed by atoms with E-state index in [0.29, 0.717) is 25.6 Å². The Kier molecular flexibility index (Phi) is 4.53. The summed E-state index contributed by atoms with van der Waals surface area (Å²) in [5.41, 5.74) is 0.451. The molecular weight excluding hydrogens is 259 g/mol. The maximum Gasteiger partial charge on any atom is 0.157 e. The van der Waals surface area contributed by atoms with Crippen molar-refractivity contribution in [3.05, 3.63) is 48.0 Å². The summed E-state index contributed by atoms with van der Waals surface area (Å²) in [5, 5.41) is 2.30. The summed E-state index contributed by atoms with van der Waals surface area (Å²) in [4.78, 5) is 11.1. The molecule has 0 radical (unpaired) electrons. The average Bonchev–Trinajstić information content (AvgIpc) is 2.47. The Bertz CT molecular complexity index is 542. The Morgan fingerprint density at radius 3 is 2.00 bits per heavy atom. The van der Waals surface area contributed by atoms with Crippen molar-refractivity contribution >= 4 is 25.5 Å².